The van der Waals surface area contributed by atoms with Gasteiger partial charge in [-0.3, -0.25) is 9.59 Å². The average molecular weight is 624 g/mol. The van der Waals surface area contributed by atoms with Crippen molar-refractivity contribution in [1.82, 2.24) is 0 Å². The molecule has 0 radical (unpaired) electrons. The molecule has 0 spiro atoms. The van der Waals surface area contributed by atoms with E-state index in [4.69, 9.17) is 10.2 Å². The maximum Gasteiger partial charge on any atom is 0.303 e. The predicted octanol–water partition coefficient (Wildman–Crippen LogP) is 8.83. The van der Waals surface area contributed by atoms with E-state index >= 15 is 0 Å². The molecule has 2 N–H and O–H groups in total. The first-order valence-corrected chi connectivity index (χ1v) is 18.4. The highest BCUT2D eigenvalue weighted by Gasteiger charge is 2.26. The zero-order valence-corrected chi connectivity index (χ0v) is 28.5. The number of hydrogen-bond donors (Lipinski definition) is 2. The average Bonchev–Trinajstić information content (AvgIpc) is 2.98. The van der Waals surface area contributed by atoms with Crippen LogP contribution in [0.15, 0.2) is 12.2 Å². The van der Waals surface area contributed by atoms with Gasteiger partial charge in [-0.1, -0.05) is 96.1 Å². The van der Waals surface area contributed by atoms with Crippen molar-refractivity contribution in [1.29, 1.82) is 0 Å². The van der Waals surface area contributed by atoms with Crippen LogP contribution in [0.25, 0.3) is 0 Å². The molecule has 0 saturated carbocycles. The number of allylic oxidation sites excluding steroid dienone is 2. The Kier molecular flexibility index (Phi) is 29.8. The minimum absolute atomic E-state index is 0.0635. The van der Waals surface area contributed by atoms with Gasteiger partial charge in [0.2, 0.25) is 0 Å². The van der Waals surface area contributed by atoms with Crippen molar-refractivity contribution >= 4 is 17.9 Å². The molecule has 0 amide bonds. The number of carboxylic acids is 3. The maximum absolute atomic E-state index is 11.0. The summed E-state index contributed by atoms with van der Waals surface area (Å²) in [6.45, 7) is 5.88. The molecule has 0 unspecified atom stereocenters. The highest BCUT2D eigenvalue weighted by molar-refractivity contribution is 5.66. The molecule has 0 aromatic rings. The number of hydrogen-bond acceptors (Lipinski definition) is 4. The second kappa shape index (κ2) is 31.1. The first kappa shape index (κ1) is 42.1. The molecule has 0 aliphatic rings. The number of nitrogens with zero attached hydrogens (tertiary/aromatic N) is 1. The molecule has 0 fully saturated rings. The molecule has 0 aliphatic carbocycles. The zero-order chi connectivity index (χ0) is 32.6. The number of rotatable bonds is 35. The third kappa shape index (κ3) is 30.1. The summed E-state index contributed by atoms with van der Waals surface area (Å²) in [5.41, 5.74) is 0. The van der Waals surface area contributed by atoms with Crippen LogP contribution in [0.3, 0.4) is 0 Å². The smallest absolute Gasteiger partial charge is 0.303 e. The Balaban J connectivity index is 4.26. The molecule has 0 saturated heterocycles. The van der Waals surface area contributed by atoms with Gasteiger partial charge in [0, 0.05) is 18.8 Å². The number of carbonyl (C=O) groups is 3. The van der Waals surface area contributed by atoms with Gasteiger partial charge in [-0.15, -0.1) is 0 Å². The van der Waals surface area contributed by atoms with Gasteiger partial charge in [0.05, 0.1) is 26.2 Å². The lowest BCUT2D eigenvalue weighted by Gasteiger charge is -2.39. The third-order valence-electron chi connectivity index (χ3n) is 8.95. The molecule has 0 atom stereocenters. The molecule has 0 aliphatic heterocycles. The molecule has 0 rings (SSSR count). The van der Waals surface area contributed by atoms with Crippen molar-refractivity contribution in [3.63, 3.8) is 0 Å². The quantitative estimate of drug-likeness (QED) is 0.0414. The van der Waals surface area contributed by atoms with Gasteiger partial charge < -0.3 is 24.6 Å². The molecule has 0 heterocycles. The van der Waals surface area contributed by atoms with E-state index in [1.165, 1.54) is 109 Å². The summed E-state index contributed by atoms with van der Waals surface area (Å²) >= 11 is 0. The van der Waals surface area contributed by atoms with Crippen LogP contribution in [-0.2, 0) is 14.4 Å². The Morgan fingerprint density at radius 2 is 0.795 bits per heavy atom. The fraction of sp³-hybridized carbons (Fsp3) is 0.865. The van der Waals surface area contributed by atoms with Gasteiger partial charge in [0.15, 0.2) is 0 Å². The van der Waals surface area contributed by atoms with E-state index < -0.39 is 17.9 Å². The summed E-state index contributed by atoms with van der Waals surface area (Å²) in [5, 5.41) is 29.0. The SMILES string of the molecule is CCCCCCCCC/C=C/CCCCCCCCCCC[N+](CCCCC(=O)[O-])(CCCCC(=O)O)CCCCC(=O)O. The minimum atomic E-state index is -1.02. The van der Waals surface area contributed by atoms with Crippen molar-refractivity contribution in [2.24, 2.45) is 0 Å². The first-order valence-electron chi connectivity index (χ1n) is 18.4. The van der Waals surface area contributed by atoms with Gasteiger partial charge in [0.1, 0.15) is 0 Å². The van der Waals surface area contributed by atoms with E-state index in [1.807, 2.05) is 0 Å². The zero-order valence-electron chi connectivity index (χ0n) is 28.5. The van der Waals surface area contributed by atoms with E-state index in [2.05, 4.69) is 19.1 Å². The molecular weight excluding hydrogens is 554 g/mol. The molecule has 0 bridgehead atoms. The van der Waals surface area contributed by atoms with E-state index in [0.29, 0.717) is 19.3 Å². The topological polar surface area (TPSA) is 115 Å². The van der Waals surface area contributed by atoms with Gasteiger partial charge in [-0.2, -0.15) is 0 Å². The number of carbonyl (C=O) groups excluding carboxylic acids is 1. The lowest BCUT2D eigenvalue weighted by Crippen LogP contribution is -2.51. The van der Waals surface area contributed by atoms with Crippen LogP contribution in [-0.4, -0.2) is 58.8 Å². The summed E-state index contributed by atoms with van der Waals surface area (Å²) in [6.07, 6.45) is 32.9. The van der Waals surface area contributed by atoms with Crippen LogP contribution in [0.5, 0.6) is 0 Å². The highest BCUT2D eigenvalue weighted by Crippen LogP contribution is 2.20. The molecule has 7 nitrogen and oxygen atoms in total. The normalized spacial score (nSPS) is 11.8. The highest BCUT2D eigenvalue weighted by atomic mass is 16.4. The predicted molar refractivity (Wildman–Crippen MR) is 179 cm³/mol. The Bertz CT molecular complexity index is 668. The summed E-state index contributed by atoms with van der Waals surface area (Å²) in [5.74, 6) is -2.56. The van der Waals surface area contributed by atoms with Crippen LogP contribution in [0.1, 0.15) is 180 Å². The number of aliphatic carboxylic acids is 3. The Labute approximate surface area is 270 Å². The summed E-state index contributed by atoms with van der Waals surface area (Å²) < 4.78 is 0.847. The second-order valence-electron chi connectivity index (χ2n) is 13.1. The minimum Gasteiger partial charge on any atom is -0.550 e. The Morgan fingerprint density at radius 3 is 1.16 bits per heavy atom. The van der Waals surface area contributed by atoms with Gasteiger partial charge in [-0.05, 0) is 83.5 Å². The molecule has 44 heavy (non-hydrogen) atoms. The Hall–Kier alpha value is -1.89. The molecule has 258 valence electrons. The van der Waals surface area contributed by atoms with Crippen molar-refractivity contribution in [3.8, 4) is 0 Å². The van der Waals surface area contributed by atoms with E-state index in [1.54, 1.807) is 0 Å². The number of unbranched alkanes of at least 4 members (excludes halogenated alkanes) is 19. The second-order valence-corrected chi connectivity index (χ2v) is 13.1. The molecule has 0 aromatic heterocycles. The lowest BCUT2D eigenvalue weighted by atomic mass is 10.0. The van der Waals surface area contributed by atoms with E-state index in [0.717, 1.165) is 56.3 Å². The van der Waals surface area contributed by atoms with Crippen LogP contribution < -0.4 is 5.11 Å². The molecule has 0 aromatic carbocycles. The van der Waals surface area contributed by atoms with Crippen LogP contribution in [0, 0.1) is 0 Å². The van der Waals surface area contributed by atoms with Gasteiger partial charge in [-0.25, -0.2) is 0 Å². The van der Waals surface area contributed by atoms with Crippen LogP contribution in [0.4, 0.5) is 0 Å². The number of quaternary nitrogens is 1. The molecule has 7 heteroatoms. The largest absolute Gasteiger partial charge is 0.550 e. The fourth-order valence-corrected chi connectivity index (χ4v) is 6.24. The molecular formula is C37H69NO6. The standard InChI is InChI=1S/C37H69NO6/c1-2-3-4-5-6-7-8-9-10-11-12-13-14-15-16-17-18-19-20-24-31-38(32-25-21-28-35(39)40,33-26-22-29-36(41)42)34-27-23-30-37(43)44/h10-11H,2-9,12-34H2,1H3,(H2-,39,40,41,42,43,44)/b11-10+. The monoisotopic (exact) mass is 624 g/mol. The van der Waals surface area contributed by atoms with Crippen LogP contribution in [0.2, 0.25) is 0 Å². The van der Waals surface area contributed by atoms with Crippen molar-refractivity contribution < 1.29 is 34.2 Å². The van der Waals surface area contributed by atoms with E-state index in [9.17, 15) is 19.5 Å². The summed E-state index contributed by atoms with van der Waals surface area (Å²) in [7, 11) is 0. The number of carboxylic acid groups (broad SMARTS) is 3. The van der Waals surface area contributed by atoms with Crippen LogP contribution >= 0.6 is 0 Å². The Morgan fingerprint density at radius 1 is 0.477 bits per heavy atom. The van der Waals surface area contributed by atoms with Crippen molar-refractivity contribution in [3.05, 3.63) is 12.2 Å². The summed E-state index contributed by atoms with van der Waals surface area (Å²) in [6, 6.07) is 0. The van der Waals surface area contributed by atoms with E-state index in [-0.39, 0.29) is 19.3 Å². The first-order chi connectivity index (χ1) is 21.3. The summed E-state index contributed by atoms with van der Waals surface area (Å²) in [4.78, 5) is 32.9. The van der Waals surface area contributed by atoms with Gasteiger partial charge >= 0.3 is 11.9 Å². The van der Waals surface area contributed by atoms with Crippen molar-refractivity contribution in [2.45, 2.75) is 180 Å². The third-order valence-corrected chi connectivity index (χ3v) is 8.95. The van der Waals surface area contributed by atoms with Crippen molar-refractivity contribution in [2.75, 3.05) is 26.2 Å². The lowest BCUT2D eigenvalue weighted by molar-refractivity contribution is -0.929. The fourth-order valence-electron chi connectivity index (χ4n) is 6.24. The maximum atomic E-state index is 11.0. The van der Waals surface area contributed by atoms with Gasteiger partial charge in [0.25, 0.3) is 0 Å².